The second-order valence-electron chi connectivity index (χ2n) is 8.62. The SMILES string of the molecule is CC1=NN(c2ccccc2)C(=O)[C@H]1[C@@H](c1ccccc1[N+](=O)[O-])c1c(C)[nH]n(-c2ccccc2)c1=O. The van der Waals surface area contributed by atoms with Crippen molar-refractivity contribution < 1.29 is 9.72 Å². The molecule has 3 aromatic carbocycles. The first-order valence-electron chi connectivity index (χ1n) is 11.4. The van der Waals surface area contributed by atoms with Crippen molar-refractivity contribution in [3.05, 3.63) is 122 Å². The summed E-state index contributed by atoms with van der Waals surface area (Å²) in [7, 11) is 0. The summed E-state index contributed by atoms with van der Waals surface area (Å²) in [5, 5.41) is 20.9. The summed E-state index contributed by atoms with van der Waals surface area (Å²) < 4.78 is 1.40. The number of rotatable bonds is 6. The fourth-order valence-electron chi connectivity index (χ4n) is 4.82. The smallest absolute Gasteiger partial charge is 0.275 e. The van der Waals surface area contributed by atoms with E-state index in [1.54, 1.807) is 68.4 Å². The van der Waals surface area contributed by atoms with Gasteiger partial charge in [-0.05, 0) is 38.1 Å². The Morgan fingerprint density at radius 1 is 0.889 bits per heavy atom. The van der Waals surface area contributed by atoms with Crippen LogP contribution in [0.25, 0.3) is 5.69 Å². The third kappa shape index (κ3) is 3.80. The molecular weight excluding hydrogens is 458 g/mol. The van der Waals surface area contributed by atoms with Crippen molar-refractivity contribution in [2.75, 3.05) is 5.01 Å². The first-order chi connectivity index (χ1) is 17.4. The number of nitro benzene ring substituents is 1. The van der Waals surface area contributed by atoms with Crippen LogP contribution >= 0.6 is 0 Å². The quantitative estimate of drug-likeness (QED) is 0.321. The molecule has 180 valence electrons. The van der Waals surface area contributed by atoms with Gasteiger partial charge in [-0.25, -0.2) is 9.69 Å². The molecule has 0 saturated heterocycles. The van der Waals surface area contributed by atoms with Crippen LogP contribution in [0.4, 0.5) is 11.4 Å². The molecule has 4 aromatic rings. The summed E-state index contributed by atoms with van der Waals surface area (Å²) in [6, 6.07) is 24.2. The highest BCUT2D eigenvalue weighted by Crippen LogP contribution is 2.41. The number of anilines is 1. The lowest BCUT2D eigenvalue weighted by atomic mass is 9.77. The summed E-state index contributed by atoms with van der Waals surface area (Å²) in [5.41, 5.74) is 2.23. The van der Waals surface area contributed by atoms with E-state index in [0.717, 1.165) is 0 Å². The van der Waals surface area contributed by atoms with Crippen LogP contribution in [0.1, 0.15) is 29.7 Å². The molecule has 0 spiro atoms. The minimum atomic E-state index is -0.926. The monoisotopic (exact) mass is 481 g/mol. The summed E-state index contributed by atoms with van der Waals surface area (Å²) in [5.74, 6) is -2.18. The Hall–Kier alpha value is -4.79. The molecule has 0 aliphatic carbocycles. The van der Waals surface area contributed by atoms with E-state index in [1.165, 1.54) is 15.8 Å². The van der Waals surface area contributed by atoms with Gasteiger partial charge in [0.15, 0.2) is 0 Å². The number of hydrogen-bond donors (Lipinski definition) is 1. The van der Waals surface area contributed by atoms with Crippen molar-refractivity contribution in [1.29, 1.82) is 0 Å². The largest absolute Gasteiger partial charge is 0.295 e. The van der Waals surface area contributed by atoms with E-state index in [9.17, 15) is 19.7 Å². The van der Waals surface area contributed by atoms with E-state index < -0.39 is 16.8 Å². The Balaban J connectivity index is 1.72. The number of aromatic nitrogens is 2. The van der Waals surface area contributed by atoms with Crippen molar-refractivity contribution in [3.8, 4) is 5.69 Å². The lowest BCUT2D eigenvalue weighted by Crippen LogP contribution is -2.34. The zero-order valence-corrected chi connectivity index (χ0v) is 19.7. The zero-order chi connectivity index (χ0) is 25.4. The summed E-state index contributed by atoms with van der Waals surface area (Å²) in [4.78, 5) is 39.1. The van der Waals surface area contributed by atoms with Crippen molar-refractivity contribution in [2.45, 2.75) is 19.8 Å². The molecule has 1 amide bonds. The number of carbonyl (C=O) groups is 1. The van der Waals surface area contributed by atoms with Gasteiger partial charge in [0, 0.05) is 34.5 Å². The van der Waals surface area contributed by atoms with E-state index >= 15 is 0 Å². The van der Waals surface area contributed by atoms with E-state index in [0.29, 0.717) is 22.8 Å². The second-order valence-corrected chi connectivity index (χ2v) is 8.62. The summed E-state index contributed by atoms with van der Waals surface area (Å²) >= 11 is 0. The predicted octanol–water partition coefficient (Wildman–Crippen LogP) is 4.55. The van der Waals surface area contributed by atoms with Crippen molar-refractivity contribution in [3.63, 3.8) is 0 Å². The molecule has 1 aromatic heterocycles. The standard InChI is InChI=1S/C27H23N5O4/c1-17-23(26(33)30(28-17)19-11-5-3-6-12-19)25(21-15-9-10-16-22(21)32(35)36)24-18(2)29-31(27(24)34)20-13-7-4-8-14-20/h3-16,23,25,29H,1-2H3/t23-,25-/m1/s1. The maximum Gasteiger partial charge on any atom is 0.275 e. The number of hydrogen-bond acceptors (Lipinski definition) is 5. The number of aromatic amines is 1. The van der Waals surface area contributed by atoms with Crippen molar-refractivity contribution >= 4 is 23.0 Å². The lowest BCUT2D eigenvalue weighted by molar-refractivity contribution is -0.385. The Bertz CT molecular complexity index is 1540. The van der Waals surface area contributed by atoms with Crippen LogP contribution in [-0.4, -0.2) is 26.3 Å². The number of nitrogens with one attached hydrogen (secondary N) is 1. The van der Waals surface area contributed by atoms with Gasteiger partial charge < -0.3 is 0 Å². The molecule has 2 heterocycles. The molecule has 0 saturated carbocycles. The molecule has 1 aliphatic rings. The predicted molar refractivity (Wildman–Crippen MR) is 137 cm³/mol. The number of benzene rings is 3. The molecule has 2 atom stereocenters. The average molecular weight is 482 g/mol. The molecule has 0 unspecified atom stereocenters. The van der Waals surface area contributed by atoms with Crippen LogP contribution in [0.15, 0.2) is 94.8 Å². The van der Waals surface area contributed by atoms with Crippen LogP contribution in [0.3, 0.4) is 0 Å². The van der Waals surface area contributed by atoms with Gasteiger partial charge >= 0.3 is 0 Å². The highest BCUT2D eigenvalue weighted by atomic mass is 16.6. The molecular formula is C27H23N5O4. The highest BCUT2D eigenvalue weighted by Gasteiger charge is 2.45. The number of para-hydroxylation sites is 3. The Kier molecular flexibility index (Phi) is 5.81. The molecule has 0 fully saturated rings. The topological polar surface area (TPSA) is 114 Å². The fraction of sp³-hybridized carbons (Fsp3) is 0.148. The third-order valence-electron chi connectivity index (χ3n) is 6.43. The van der Waals surface area contributed by atoms with Crippen LogP contribution in [0, 0.1) is 23.0 Å². The maximum absolute atomic E-state index is 13.8. The van der Waals surface area contributed by atoms with E-state index in [4.69, 9.17) is 0 Å². The average Bonchev–Trinajstić information content (AvgIpc) is 3.36. The molecule has 9 nitrogen and oxygen atoms in total. The van der Waals surface area contributed by atoms with E-state index in [1.807, 2.05) is 24.3 Å². The van der Waals surface area contributed by atoms with Gasteiger partial charge in [0.05, 0.1) is 22.2 Å². The minimum Gasteiger partial charge on any atom is -0.295 e. The minimum absolute atomic E-state index is 0.160. The van der Waals surface area contributed by atoms with Gasteiger partial charge in [-0.2, -0.15) is 5.10 Å². The number of hydrazone groups is 1. The van der Waals surface area contributed by atoms with Crippen LogP contribution in [0.5, 0.6) is 0 Å². The molecule has 36 heavy (non-hydrogen) atoms. The fourth-order valence-corrected chi connectivity index (χ4v) is 4.82. The Morgan fingerprint density at radius 3 is 2.11 bits per heavy atom. The zero-order valence-electron chi connectivity index (χ0n) is 19.7. The summed E-state index contributed by atoms with van der Waals surface area (Å²) in [6.45, 7) is 3.45. The number of aryl methyl sites for hydroxylation is 1. The van der Waals surface area contributed by atoms with E-state index in [-0.39, 0.29) is 28.3 Å². The van der Waals surface area contributed by atoms with Crippen LogP contribution < -0.4 is 10.6 Å². The van der Waals surface area contributed by atoms with Crippen molar-refractivity contribution in [2.24, 2.45) is 11.0 Å². The number of nitro groups is 1. The molecule has 0 radical (unpaired) electrons. The number of amides is 1. The normalized spacial score (nSPS) is 16.2. The van der Waals surface area contributed by atoms with Gasteiger partial charge in [-0.1, -0.05) is 54.6 Å². The van der Waals surface area contributed by atoms with Crippen molar-refractivity contribution in [1.82, 2.24) is 9.78 Å². The van der Waals surface area contributed by atoms with Gasteiger partial charge in [0.25, 0.3) is 17.2 Å². The first-order valence-corrected chi connectivity index (χ1v) is 11.4. The van der Waals surface area contributed by atoms with E-state index in [2.05, 4.69) is 10.2 Å². The first kappa shape index (κ1) is 23.0. The number of carbonyl (C=O) groups excluding carboxylic acids is 1. The summed E-state index contributed by atoms with van der Waals surface area (Å²) in [6.07, 6.45) is 0. The van der Waals surface area contributed by atoms with Crippen LogP contribution in [-0.2, 0) is 4.79 Å². The Labute approximate surface area is 206 Å². The van der Waals surface area contributed by atoms with Gasteiger partial charge in [-0.3, -0.25) is 24.8 Å². The highest BCUT2D eigenvalue weighted by molar-refractivity contribution is 6.15. The van der Waals surface area contributed by atoms with Gasteiger partial charge in [0.1, 0.15) is 0 Å². The second kappa shape index (κ2) is 9.10. The maximum atomic E-state index is 13.8. The lowest BCUT2D eigenvalue weighted by Gasteiger charge is -2.23. The molecule has 5 rings (SSSR count). The molecule has 1 aliphatic heterocycles. The molecule has 9 heteroatoms. The Morgan fingerprint density at radius 2 is 1.47 bits per heavy atom. The third-order valence-corrected chi connectivity index (χ3v) is 6.43. The molecule has 1 N–H and O–H groups in total. The van der Waals surface area contributed by atoms with Gasteiger partial charge in [0.2, 0.25) is 0 Å². The van der Waals surface area contributed by atoms with Crippen LogP contribution in [0.2, 0.25) is 0 Å². The van der Waals surface area contributed by atoms with Gasteiger partial charge in [-0.15, -0.1) is 0 Å². The number of H-pyrrole nitrogens is 1. The molecule has 0 bridgehead atoms. The number of nitrogens with zero attached hydrogens (tertiary/aromatic N) is 4.